The van der Waals surface area contributed by atoms with Gasteiger partial charge in [-0.05, 0) is 80.9 Å². The minimum absolute atomic E-state index is 0.127. The Labute approximate surface area is 197 Å². The maximum absolute atomic E-state index is 11.8. The predicted octanol–water partition coefficient (Wildman–Crippen LogP) is 5.69. The molecule has 1 aliphatic heterocycles. The van der Waals surface area contributed by atoms with E-state index in [2.05, 4.69) is 31.0 Å². The number of hydrogen-bond acceptors (Lipinski definition) is 5. The Kier molecular flexibility index (Phi) is 6.30. The fourth-order valence-electron chi connectivity index (χ4n) is 5.82. The third-order valence-electron chi connectivity index (χ3n) is 6.93. The molecular weight excluding hydrogens is 414 g/mol. The lowest BCUT2D eigenvalue weighted by Gasteiger charge is -2.44. The van der Waals surface area contributed by atoms with Crippen molar-refractivity contribution < 1.29 is 14.6 Å². The van der Waals surface area contributed by atoms with Crippen LogP contribution >= 0.6 is 0 Å². The molecule has 178 valence electrons. The van der Waals surface area contributed by atoms with E-state index in [1.807, 2.05) is 51.1 Å². The number of guanidine groups is 1. The van der Waals surface area contributed by atoms with Crippen molar-refractivity contribution in [3.8, 4) is 5.75 Å². The first-order valence-electron chi connectivity index (χ1n) is 12.1. The first-order valence-corrected chi connectivity index (χ1v) is 12.1. The van der Waals surface area contributed by atoms with Gasteiger partial charge in [0.15, 0.2) is 0 Å². The minimum atomic E-state index is -0.867. The van der Waals surface area contributed by atoms with Crippen LogP contribution in [0.15, 0.2) is 52.7 Å². The molecule has 2 aliphatic carbocycles. The van der Waals surface area contributed by atoms with Gasteiger partial charge >= 0.3 is 5.97 Å². The summed E-state index contributed by atoms with van der Waals surface area (Å²) in [6.07, 6.45) is 7.25. The van der Waals surface area contributed by atoms with Gasteiger partial charge in [-0.25, -0.2) is 9.79 Å². The monoisotopic (exact) mass is 451 g/mol. The lowest BCUT2D eigenvalue weighted by atomic mass is 9.70. The fourth-order valence-corrected chi connectivity index (χ4v) is 5.82. The van der Waals surface area contributed by atoms with Crippen molar-refractivity contribution in [3.05, 3.63) is 47.7 Å². The van der Waals surface area contributed by atoms with Crippen molar-refractivity contribution in [1.82, 2.24) is 4.90 Å². The number of benzene rings is 1. The van der Waals surface area contributed by atoms with Gasteiger partial charge in [-0.2, -0.15) is 0 Å². The first-order chi connectivity index (χ1) is 15.5. The van der Waals surface area contributed by atoms with Crippen LogP contribution in [0.2, 0.25) is 0 Å². The van der Waals surface area contributed by atoms with Crippen molar-refractivity contribution in [1.29, 1.82) is 0 Å². The van der Waals surface area contributed by atoms with E-state index in [-0.39, 0.29) is 23.5 Å². The molecular formula is C27H37N3O3. The zero-order chi connectivity index (χ0) is 23.9. The summed E-state index contributed by atoms with van der Waals surface area (Å²) >= 11 is 0. The second-order valence-electron chi connectivity index (χ2n) is 11.0. The van der Waals surface area contributed by atoms with Crippen LogP contribution in [-0.2, 0) is 4.79 Å². The standard InChI is InChI=1S/C27H37N3O3/c1-16(2)33-21-9-7-19(8-10-21)28-26-29-24-18(4)22(25(31)32)11-12-23(24)30(26)20-13-17(3)14-27(5,6)15-20/h7-12,16-18,20,24H,13-15H2,1-6H3,(H,28,29)(H,31,32)/t17-,18?,20+,24?/m1/s1. The lowest BCUT2D eigenvalue weighted by molar-refractivity contribution is -0.133. The van der Waals surface area contributed by atoms with E-state index in [0.29, 0.717) is 17.5 Å². The molecule has 0 spiro atoms. The molecule has 2 unspecified atom stereocenters. The Morgan fingerprint density at radius 1 is 1.18 bits per heavy atom. The van der Waals surface area contributed by atoms with Gasteiger partial charge in [0, 0.05) is 28.9 Å². The smallest absolute Gasteiger partial charge is 0.331 e. The highest BCUT2D eigenvalue weighted by Gasteiger charge is 2.44. The molecule has 4 atom stereocenters. The number of nitrogens with one attached hydrogen (secondary N) is 1. The highest BCUT2D eigenvalue weighted by Crippen LogP contribution is 2.45. The van der Waals surface area contributed by atoms with Gasteiger partial charge in [-0.1, -0.05) is 27.7 Å². The van der Waals surface area contributed by atoms with Crippen LogP contribution in [-0.4, -0.2) is 40.1 Å². The quantitative estimate of drug-likeness (QED) is 0.602. The van der Waals surface area contributed by atoms with E-state index in [4.69, 9.17) is 9.73 Å². The Hall–Kier alpha value is -2.76. The molecule has 1 aromatic rings. The molecule has 1 aromatic carbocycles. The minimum Gasteiger partial charge on any atom is -0.491 e. The number of rotatable bonds is 5. The van der Waals surface area contributed by atoms with Crippen molar-refractivity contribution in [3.63, 3.8) is 0 Å². The second kappa shape index (κ2) is 8.88. The molecule has 6 nitrogen and oxygen atoms in total. The summed E-state index contributed by atoms with van der Waals surface area (Å²) in [5.41, 5.74) is 2.71. The summed E-state index contributed by atoms with van der Waals surface area (Å²) in [6, 6.07) is 8.08. The number of aliphatic carboxylic acids is 1. The van der Waals surface area contributed by atoms with Crippen molar-refractivity contribution in [2.24, 2.45) is 22.2 Å². The highest BCUT2D eigenvalue weighted by molar-refractivity contribution is 5.98. The number of carbonyl (C=O) groups is 1. The first kappa shape index (κ1) is 23.4. The number of anilines is 1. The van der Waals surface area contributed by atoms with Crippen LogP contribution in [0, 0.1) is 17.3 Å². The Morgan fingerprint density at radius 2 is 1.88 bits per heavy atom. The molecule has 2 N–H and O–H groups in total. The maximum atomic E-state index is 11.8. The molecule has 33 heavy (non-hydrogen) atoms. The average Bonchev–Trinajstić information content (AvgIpc) is 3.06. The molecule has 0 radical (unpaired) electrons. The zero-order valence-corrected chi connectivity index (χ0v) is 20.6. The van der Waals surface area contributed by atoms with Gasteiger partial charge in [-0.15, -0.1) is 0 Å². The van der Waals surface area contributed by atoms with Crippen LogP contribution in [0.5, 0.6) is 5.75 Å². The SMILES string of the molecule is CC(C)Oc1ccc(NC2=NC3C(=CC=C(C(=O)O)C3C)N2[C@H]2C[C@@H](C)CC(C)(C)C2)cc1. The average molecular weight is 452 g/mol. The molecule has 0 amide bonds. The Balaban J connectivity index is 1.66. The molecule has 1 saturated carbocycles. The third-order valence-corrected chi connectivity index (χ3v) is 6.93. The van der Waals surface area contributed by atoms with E-state index in [1.54, 1.807) is 6.08 Å². The third kappa shape index (κ3) is 4.94. The van der Waals surface area contributed by atoms with Gasteiger partial charge in [0.05, 0.1) is 6.10 Å². The van der Waals surface area contributed by atoms with Crippen LogP contribution in [0.3, 0.4) is 0 Å². The molecule has 0 saturated heterocycles. The molecule has 0 bridgehead atoms. The van der Waals surface area contributed by atoms with Crippen molar-refractivity contribution in [2.75, 3.05) is 5.32 Å². The summed E-state index contributed by atoms with van der Waals surface area (Å²) in [7, 11) is 0. The fraction of sp³-hybridized carbons (Fsp3) is 0.556. The van der Waals surface area contributed by atoms with Crippen LogP contribution in [0.25, 0.3) is 0 Å². The molecule has 6 heteroatoms. The van der Waals surface area contributed by atoms with E-state index in [1.165, 1.54) is 6.42 Å². The van der Waals surface area contributed by atoms with Crippen LogP contribution < -0.4 is 10.1 Å². The van der Waals surface area contributed by atoms with Gasteiger partial charge in [0.2, 0.25) is 5.96 Å². The summed E-state index contributed by atoms with van der Waals surface area (Å²) in [5, 5.41) is 13.2. The number of nitrogens with zero attached hydrogens (tertiary/aromatic N) is 2. The normalized spacial score (nSPS) is 28.6. The summed E-state index contributed by atoms with van der Waals surface area (Å²) in [5.74, 6) is 1.22. The topological polar surface area (TPSA) is 74.2 Å². The number of carboxylic acid groups (broad SMARTS) is 1. The lowest BCUT2D eigenvalue weighted by Crippen LogP contribution is -2.47. The van der Waals surface area contributed by atoms with Crippen molar-refractivity contribution >= 4 is 17.6 Å². The number of aliphatic imine (C=N–C) groups is 1. The number of hydrogen-bond donors (Lipinski definition) is 2. The molecule has 1 heterocycles. The number of ether oxygens (including phenoxy) is 1. The van der Waals surface area contributed by atoms with E-state index >= 15 is 0 Å². The molecule has 3 aliphatic rings. The van der Waals surface area contributed by atoms with E-state index < -0.39 is 5.97 Å². The van der Waals surface area contributed by atoms with Gasteiger partial charge < -0.3 is 20.1 Å². The summed E-state index contributed by atoms with van der Waals surface area (Å²) in [4.78, 5) is 19.2. The Bertz CT molecular complexity index is 990. The molecule has 1 fully saturated rings. The van der Waals surface area contributed by atoms with E-state index in [0.717, 1.165) is 35.9 Å². The van der Waals surface area contributed by atoms with Gasteiger partial charge in [0.1, 0.15) is 11.8 Å². The largest absolute Gasteiger partial charge is 0.491 e. The number of fused-ring (bicyclic) bond motifs is 1. The van der Waals surface area contributed by atoms with Gasteiger partial charge in [-0.3, -0.25) is 0 Å². The van der Waals surface area contributed by atoms with Crippen molar-refractivity contribution in [2.45, 2.75) is 79.0 Å². The molecule has 0 aromatic heterocycles. The highest BCUT2D eigenvalue weighted by atomic mass is 16.5. The van der Waals surface area contributed by atoms with Crippen LogP contribution in [0.1, 0.15) is 60.8 Å². The van der Waals surface area contributed by atoms with Crippen LogP contribution in [0.4, 0.5) is 5.69 Å². The predicted molar refractivity (Wildman–Crippen MR) is 132 cm³/mol. The number of allylic oxidation sites excluding steroid dienone is 2. The number of carboxylic acids is 1. The maximum Gasteiger partial charge on any atom is 0.331 e. The zero-order valence-electron chi connectivity index (χ0n) is 20.6. The summed E-state index contributed by atoms with van der Waals surface area (Å²) in [6.45, 7) is 13.0. The summed E-state index contributed by atoms with van der Waals surface area (Å²) < 4.78 is 5.78. The second-order valence-corrected chi connectivity index (χ2v) is 11.0. The Morgan fingerprint density at radius 3 is 2.48 bits per heavy atom. The molecule has 4 rings (SSSR count). The van der Waals surface area contributed by atoms with E-state index in [9.17, 15) is 9.90 Å². The van der Waals surface area contributed by atoms with Gasteiger partial charge in [0.25, 0.3) is 0 Å².